The standard InChI is InChI=1S/C18H21N5O/c24-18-16(8-10-23(18)15-5-2-1-3-6-15)21-11-13-22(14-12-21)17-7-4-9-19-20-17/h1-7,9,16H,8,10-14H2. The molecule has 1 atom stereocenters. The molecule has 3 heterocycles. The highest BCUT2D eigenvalue weighted by molar-refractivity contribution is 5.99. The second-order valence-corrected chi connectivity index (χ2v) is 6.23. The minimum Gasteiger partial charge on any atom is -0.353 e. The summed E-state index contributed by atoms with van der Waals surface area (Å²) in [6, 6.07) is 13.9. The minimum absolute atomic E-state index is 0.00853. The summed E-state index contributed by atoms with van der Waals surface area (Å²) in [7, 11) is 0. The first-order valence-corrected chi connectivity index (χ1v) is 8.46. The van der Waals surface area contributed by atoms with E-state index in [4.69, 9.17) is 0 Å². The highest BCUT2D eigenvalue weighted by Crippen LogP contribution is 2.25. The van der Waals surface area contributed by atoms with Crippen molar-refractivity contribution in [3.63, 3.8) is 0 Å². The summed E-state index contributed by atoms with van der Waals surface area (Å²) in [5.41, 5.74) is 1.00. The summed E-state index contributed by atoms with van der Waals surface area (Å²) in [6.45, 7) is 4.34. The van der Waals surface area contributed by atoms with Gasteiger partial charge in [0.15, 0.2) is 5.82 Å². The van der Waals surface area contributed by atoms with Gasteiger partial charge in [0.1, 0.15) is 0 Å². The van der Waals surface area contributed by atoms with Gasteiger partial charge in [0, 0.05) is 44.6 Å². The lowest BCUT2D eigenvalue weighted by atomic mass is 10.2. The lowest BCUT2D eigenvalue weighted by molar-refractivity contribution is -0.121. The number of hydrogen-bond donors (Lipinski definition) is 0. The first-order chi connectivity index (χ1) is 11.8. The molecule has 4 rings (SSSR count). The molecule has 1 aromatic heterocycles. The van der Waals surface area contributed by atoms with Crippen LogP contribution in [0, 0.1) is 0 Å². The number of rotatable bonds is 3. The molecule has 0 radical (unpaired) electrons. The number of anilines is 2. The van der Waals surface area contributed by atoms with E-state index in [1.807, 2.05) is 47.4 Å². The fourth-order valence-corrected chi connectivity index (χ4v) is 3.59. The Morgan fingerprint density at radius 2 is 1.71 bits per heavy atom. The Labute approximate surface area is 141 Å². The first kappa shape index (κ1) is 15.1. The lowest BCUT2D eigenvalue weighted by Gasteiger charge is -2.37. The Morgan fingerprint density at radius 1 is 0.917 bits per heavy atom. The van der Waals surface area contributed by atoms with Gasteiger partial charge in [0.2, 0.25) is 5.91 Å². The van der Waals surface area contributed by atoms with Crippen LogP contribution in [-0.4, -0.2) is 59.8 Å². The van der Waals surface area contributed by atoms with Crippen LogP contribution in [0.4, 0.5) is 11.5 Å². The zero-order valence-electron chi connectivity index (χ0n) is 13.6. The van der Waals surface area contributed by atoms with E-state index in [2.05, 4.69) is 20.0 Å². The van der Waals surface area contributed by atoms with Crippen LogP contribution in [0.2, 0.25) is 0 Å². The molecule has 0 aliphatic carbocycles. The van der Waals surface area contributed by atoms with Crippen molar-refractivity contribution in [3.8, 4) is 0 Å². The number of carbonyl (C=O) groups is 1. The van der Waals surface area contributed by atoms with Gasteiger partial charge in [-0.25, -0.2) is 0 Å². The van der Waals surface area contributed by atoms with Crippen molar-refractivity contribution >= 4 is 17.4 Å². The average Bonchev–Trinajstić information content (AvgIpc) is 3.05. The van der Waals surface area contributed by atoms with E-state index in [1.54, 1.807) is 6.20 Å². The number of hydrogen-bond acceptors (Lipinski definition) is 5. The number of nitrogens with zero attached hydrogens (tertiary/aromatic N) is 5. The van der Waals surface area contributed by atoms with Gasteiger partial charge >= 0.3 is 0 Å². The van der Waals surface area contributed by atoms with Crippen molar-refractivity contribution in [2.24, 2.45) is 0 Å². The smallest absolute Gasteiger partial charge is 0.244 e. The molecule has 2 saturated heterocycles. The van der Waals surface area contributed by atoms with E-state index in [1.165, 1.54) is 0 Å². The molecule has 0 spiro atoms. The van der Waals surface area contributed by atoms with Gasteiger partial charge < -0.3 is 9.80 Å². The summed E-state index contributed by atoms with van der Waals surface area (Å²) in [4.78, 5) is 19.3. The number of carbonyl (C=O) groups excluding carboxylic acids is 1. The molecule has 2 aromatic rings. The molecule has 124 valence electrons. The van der Waals surface area contributed by atoms with Crippen LogP contribution >= 0.6 is 0 Å². The number of piperazine rings is 1. The summed E-state index contributed by atoms with van der Waals surface area (Å²) in [5.74, 6) is 1.15. The number of benzene rings is 1. The molecule has 24 heavy (non-hydrogen) atoms. The molecule has 1 unspecified atom stereocenters. The molecule has 1 aromatic carbocycles. The average molecular weight is 323 g/mol. The summed E-state index contributed by atoms with van der Waals surface area (Å²) >= 11 is 0. The quantitative estimate of drug-likeness (QED) is 0.855. The van der Waals surface area contributed by atoms with Gasteiger partial charge in [-0.2, -0.15) is 5.10 Å². The van der Waals surface area contributed by atoms with Gasteiger partial charge in [-0.15, -0.1) is 5.10 Å². The van der Waals surface area contributed by atoms with Crippen LogP contribution < -0.4 is 9.80 Å². The van der Waals surface area contributed by atoms with Gasteiger partial charge in [0.25, 0.3) is 0 Å². The third kappa shape index (κ3) is 2.85. The van der Waals surface area contributed by atoms with Crippen molar-refractivity contribution in [1.82, 2.24) is 15.1 Å². The fourth-order valence-electron chi connectivity index (χ4n) is 3.59. The van der Waals surface area contributed by atoms with Gasteiger partial charge in [-0.05, 0) is 30.7 Å². The maximum absolute atomic E-state index is 12.8. The maximum Gasteiger partial charge on any atom is 0.244 e. The second-order valence-electron chi connectivity index (χ2n) is 6.23. The Bertz CT molecular complexity index is 685. The molecule has 0 N–H and O–H groups in total. The Balaban J connectivity index is 1.39. The molecule has 2 aliphatic rings. The van der Waals surface area contributed by atoms with Crippen LogP contribution in [0.15, 0.2) is 48.7 Å². The molecular formula is C18H21N5O. The normalized spacial score (nSPS) is 22.2. The third-order valence-corrected chi connectivity index (χ3v) is 4.88. The summed E-state index contributed by atoms with van der Waals surface area (Å²) in [5, 5.41) is 8.12. The number of para-hydroxylation sites is 1. The van der Waals surface area contributed by atoms with E-state index >= 15 is 0 Å². The van der Waals surface area contributed by atoms with Crippen LogP contribution in [0.3, 0.4) is 0 Å². The van der Waals surface area contributed by atoms with Crippen LogP contribution in [0.1, 0.15) is 6.42 Å². The Kier molecular flexibility index (Phi) is 4.13. The van der Waals surface area contributed by atoms with Gasteiger partial charge in [0.05, 0.1) is 6.04 Å². The Morgan fingerprint density at radius 3 is 2.42 bits per heavy atom. The molecule has 1 amide bonds. The highest BCUT2D eigenvalue weighted by Gasteiger charge is 2.37. The largest absolute Gasteiger partial charge is 0.353 e. The second kappa shape index (κ2) is 6.57. The molecule has 2 aliphatic heterocycles. The number of amides is 1. The zero-order valence-corrected chi connectivity index (χ0v) is 13.6. The minimum atomic E-state index is 0.00853. The zero-order chi connectivity index (χ0) is 16.4. The topological polar surface area (TPSA) is 52.6 Å². The van der Waals surface area contributed by atoms with Crippen molar-refractivity contribution in [3.05, 3.63) is 48.7 Å². The SMILES string of the molecule is O=C1C(N2CCN(c3cccnn3)CC2)CCN1c1ccccc1. The highest BCUT2D eigenvalue weighted by atomic mass is 16.2. The van der Waals surface area contributed by atoms with E-state index in [0.717, 1.165) is 50.6 Å². The van der Waals surface area contributed by atoms with E-state index < -0.39 is 0 Å². The molecule has 2 fully saturated rings. The van der Waals surface area contributed by atoms with Crippen molar-refractivity contribution < 1.29 is 4.79 Å². The van der Waals surface area contributed by atoms with Crippen LogP contribution in [0.5, 0.6) is 0 Å². The summed E-state index contributed by atoms with van der Waals surface area (Å²) in [6.07, 6.45) is 2.59. The molecular weight excluding hydrogens is 302 g/mol. The third-order valence-electron chi connectivity index (χ3n) is 4.88. The molecule has 0 saturated carbocycles. The van der Waals surface area contributed by atoms with Crippen molar-refractivity contribution in [2.45, 2.75) is 12.5 Å². The van der Waals surface area contributed by atoms with Crippen LogP contribution in [0.25, 0.3) is 0 Å². The molecule has 6 heteroatoms. The predicted octanol–water partition coefficient (Wildman–Crippen LogP) is 1.40. The van der Waals surface area contributed by atoms with E-state index in [0.29, 0.717) is 0 Å². The summed E-state index contributed by atoms with van der Waals surface area (Å²) < 4.78 is 0. The van der Waals surface area contributed by atoms with E-state index in [-0.39, 0.29) is 11.9 Å². The lowest BCUT2D eigenvalue weighted by Crippen LogP contribution is -2.52. The van der Waals surface area contributed by atoms with E-state index in [9.17, 15) is 4.79 Å². The van der Waals surface area contributed by atoms with Gasteiger partial charge in [-0.1, -0.05) is 18.2 Å². The first-order valence-electron chi connectivity index (χ1n) is 8.46. The number of aromatic nitrogens is 2. The maximum atomic E-state index is 12.8. The molecule has 0 bridgehead atoms. The Hall–Kier alpha value is -2.47. The van der Waals surface area contributed by atoms with Crippen molar-refractivity contribution in [2.75, 3.05) is 42.5 Å². The fraction of sp³-hybridized carbons (Fsp3) is 0.389. The monoisotopic (exact) mass is 323 g/mol. The van der Waals surface area contributed by atoms with Gasteiger partial charge in [-0.3, -0.25) is 9.69 Å². The van der Waals surface area contributed by atoms with Crippen molar-refractivity contribution in [1.29, 1.82) is 0 Å². The predicted molar refractivity (Wildman–Crippen MR) is 93.0 cm³/mol. The van der Waals surface area contributed by atoms with Crippen LogP contribution in [-0.2, 0) is 4.79 Å². The molecule has 6 nitrogen and oxygen atoms in total.